The first-order valence-electron chi connectivity index (χ1n) is 8.73. The molecule has 4 rings (SSSR count). The molecule has 8 nitrogen and oxygen atoms in total. The topological polar surface area (TPSA) is 82.8 Å². The minimum absolute atomic E-state index is 0.0121. The number of hydrogen-bond acceptors (Lipinski definition) is 4. The maximum absolute atomic E-state index is 13.1. The zero-order chi connectivity index (χ0) is 19.1. The second kappa shape index (κ2) is 6.70. The number of fused-ring (bicyclic) bond motifs is 3. The molecule has 2 aliphatic heterocycles. The summed E-state index contributed by atoms with van der Waals surface area (Å²) < 4.78 is 1.64. The monoisotopic (exact) mass is 386 g/mol. The van der Waals surface area contributed by atoms with Crippen LogP contribution in [0.4, 0.5) is 10.6 Å². The Morgan fingerprint density at radius 2 is 2.04 bits per heavy atom. The van der Waals surface area contributed by atoms with Crippen molar-refractivity contribution in [2.45, 2.75) is 19.9 Å². The van der Waals surface area contributed by atoms with E-state index in [9.17, 15) is 9.59 Å². The van der Waals surface area contributed by atoms with Crippen LogP contribution in [0.3, 0.4) is 0 Å². The van der Waals surface area contributed by atoms with Crippen molar-refractivity contribution in [2.24, 2.45) is 4.99 Å². The number of rotatable bonds is 4. The molecule has 2 aliphatic rings. The smallest absolute Gasteiger partial charge is 0.331 e. The molecule has 0 spiro atoms. The molecule has 0 saturated carbocycles. The van der Waals surface area contributed by atoms with Gasteiger partial charge in [-0.05, 0) is 38.1 Å². The minimum Gasteiger partial charge on any atom is -0.352 e. The summed E-state index contributed by atoms with van der Waals surface area (Å²) in [4.78, 5) is 32.9. The Kier molecular flexibility index (Phi) is 4.35. The summed E-state index contributed by atoms with van der Waals surface area (Å²) in [5.41, 5.74) is 1.48. The van der Waals surface area contributed by atoms with E-state index in [-0.39, 0.29) is 24.5 Å². The number of amides is 3. The van der Waals surface area contributed by atoms with Gasteiger partial charge in [-0.3, -0.25) is 19.6 Å². The van der Waals surface area contributed by atoms with Crippen LogP contribution in [0.1, 0.15) is 19.4 Å². The van der Waals surface area contributed by atoms with E-state index in [2.05, 4.69) is 15.4 Å². The number of benzene rings is 1. The third kappa shape index (κ3) is 3.06. The molecule has 0 radical (unpaired) electrons. The van der Waals surface area contributed by atoms with Gasteiger partial charge in [0.25, 0.3) is 0 Å². The zero-order valence-corrected chi connectivity index (χ0v) is 15.8. The SMILES string of the molecule is CC(C)NC(=O)CN1C(=O)N2CCN=C2c2cnn(-c3ccc(Cl)cc3)c21. The number of carbonyl (C=O) groups excluding carboxylic acids is 2. The van der Waals surface area contributed by atoms with Gasteiger partial charge in [0, 0.05) is 17.6 Å². The number of carbonyl (C=O) groups is 2. The zero-order valence-electron chi connectivity index (χ0n) is 15.0. The fraction of sp³-hybridized carbons (Fsp3) is 0.333. The van der Waals surface area contributed by atoms with Gasteiger partial charge >= 0.3 is 6.03 Å². The quantitative estimate of drug-likeness (QED) is 0.873. The lowest BCUT2D eigenvalue weighted by atomic mass is 10.2. The van der Waals surface area contributed by atoms with Crippen molar-refractivity contribution in [3.05, 3.63) is 41.0 Å². The summed E-state index contributed by atoms with van der Waals surface area (Å²) in [6, 6.07) is 6.86. The van der Waals surface area contributed by atoms with Crippen molar-refractivity contribution >= 4 is 35.2 Å². The van der Waals surface area contributed by atoms with E-state index in [0.717, 1.165) is 11.3 Å². The Hall–Kier alpha value is -2.87. The van der Waals surface area contributed by atoms with Crippen LogP contribution in [0.2, 0.25) is 5.02 Å². The Morgan fingerprint density at radius 3 is 2.74 bits per heavy atom. The fourth-order valence-electron chi connectivity index (χ4n) is 3.28. The van der Waals surface area contributed by atoms with Gasteiger partial charge in [0.05, 0.1) is 24.0 Å². The van der Waals surface area contributed by atoms with E-state index in [1.165, 1.54) is 4.90 Å². The molecular weight excluding hydrogens is 368 g/mol. The van der Waals surface area contributed by atoms with Crippen molar-refractivity contribution < 1.29 is 9.59 Å². The highest BCUT2D eigenvalue weighted by molar-refractivity contribution is 6.30. The van der Waals surface area contributed by atoms with Gasteiger partial charge < -0.3 is 5.32 Å². The van der Waals surface area contributed by atoms with Crippen molar-refractivity contribution in [1.82, 2.24) is 20.0 Å². The summed E-state index contributed by atoms with van der Waals surface area (Å²) >= 11 is 5.99. The average Bonchev–Trinajstić information content (AvgIpc) is 3.25. The molecule has 0 aliphatic carbocycles. The molecule has 2 aromatic rings. The molecular formula is C18H19ClN6O2. The third-order valence-electron chi connectivity index (χ3n) is 4.37. The predicted octanol–water partition coefficient (Wildman–Crippen LogP) is 2.05. The summed E-state index contributed by atoms with van der Waals surface area (Å²) in [6.45, 7) is 4.71. The molecule has 1 N–H and O–H groups in total. The highest BCUT2D eigenvalue weighted by atomic mass is 35.5. The normalized spacial score (nSPS) is 15.7. The first-order chi connectivity index (χ1) is 13.0. The standard InChI is InChI=1S/C18H19ClN6O2/c1-11(2)22-15(26)10-24-17-14(16-20-7-8-23(16)18(24)27)9-21-25(17)13-5-3-12(19)4-6-13/h3-6,9,11H,7-8,10H2,1-2H3,(H,22,26). The lowest BCUT2D eigenvalue weighted by molar-refractivity contribution is -0.120. The van der Waals surface area contributed by atoms with Crippen molar-refractivity contribution in [2.75, 3.05) is 24.5 Å². The van der Waals surface area contributed by atoms with E-state index in [1.54, 1.807) is 27.9 Å². The number of aliphatic imine (C=N–C) groups is 1. The third-order valence-corrected chi connectivity index (χ3v) is 4.62. The fourth-order valence-corrected chi connectivity index (χ4v) is 3.41. The van der Waals surface area contributed by atoms with Crippen LogP contribution in [-0.2, 0) is 4.79 Å². The van der Waals surface area contributed by atoms with Crippen molar-refractivity contribution in [3.63, 3.8) is 0 Å². The number of aromatic nitrogens is 2. The van der Waals surface area contributed by atoms with Crippen LogP contribution < -0.4 is 10.2 Å². The van der Waals surface area contributed by atoms with E-state index in [4.69, 9.17) is 11.6 Å². The Labute approximate surface area is 161 Å². The van der Waals surface area contributed by atoms with E-state index < -0.39 is 0 Å². The number of nitrogens with zero attached hydrogens (tertiary/aromatic N) is 5. The Morgan fingerprint density at radius 1 is 1.30 bits per heavy atom. The molecule has 0 unspecified atom stereocenters. The van der Waals surface area contributed by atoms with E-state index in [0.29, 0.717) is 29.8 Å². The first kappa shape index (κ1) is 17.5. The van der Waals surface area contributed by atoms with Crippen LogP contribution in [0, 0.1) is 0 Å². The molecule has 0 atom stereocenters. The maximum atomic E-state index is 13.1. The van der Waals surface area contributed by atoms with Gasteiger partial charge in [0.2, 0.25) is 5.91 Å². The van der Waals surface area contributed by atoms with Crippen LogP contribution in [0.25, 0.3) is 5.69 Å². The molecule has 0 fully saturated rings. The largest absolute Gasteiger partial charge is 0.352 e. The lowest BCUT2D eigenvalue weighted by Crippen LogP contribution is -2.53. The van der Waals surface area contributed by atoms with E-state index >= 15 is 0 Å². The van der Waals surface area contributed by atoms with Crippen LogP contribution >= 0.6 is 11.6 Å². The number of nitrogens with one attached hydrogen (secondary N) is 1. The van der Waals surface area contributed by atoms with Gasteiger partial charge in [-0.25, -0.2) is 9.48 Å². The second-order valence-electron chi connectivity index (χ2n) is 6.72. The van der Waals surface area contributed by atoms with Gasteiger partial charge in [-0.2, -0.15) is 5.10 Å². The Balaban J connectivity index is 1.79. The predicted molar refractivity (Wildman–Crippen MR) is 103 cm³/mol. The number of urea groups is 1. The molecule has 9 heteroatoms. The molecule has 0 bridgehead atoms. The van der Waals surface area contributed by atoms with Gasteiger partial charge in [0.15, 0.2) is 5.82 Å². The average molecular weight is 387 g/mol. The lowest BCUT2D eigenvalue weighted by Gasteiger charge is -2.33. The molecule has 3 heterocycles. The van der Waals surface area contributed by atoms with Crippen molar-refractivity contribution in [1.29, 1.82) is 0 Å². The molecule has 0 saturated heterocycles. The molecule has 27 heavy (non-hydrogen) atoms. The van der Waals surface area contributed by atoms with Crippen LogP contribution in [0.15, 0.2) is 35.5 Å². The summed E-state index contributed by atoms with van der Waals surface area (Å²) in [7, 11) is 0. The van der Waals surface area contributed by atoms with Gasteiger partial charge in [0.1, 0.15) is 12.4 Å². The first-order valence-corrected chi connectivity index (χ1v) is 9.10. The number of amidine groups is 1. The minimum atomic E-state index is -0.270. The molecule has 3 amide bonds. The highest BCUT2D eigenvalue weighted by Crippen LogP contribution is 2.32. The summed E-state index contributed by atoms with van der Waals surface area (Å²) in [5, 5.41) is 7.89. The number of halogens is 1. The van der Waals surface area contributed by atoms with Crippen LogP contribution in [0.5, 0.6) is 0 Å². The molecule has 1 aromatic carbocycles. The molecule has 1 aromatic heterocycles. The number of hydrogen-bond donors (Lipinski definition) is 1. The number of anilines is 1. The molecule has 140 valence electrons. The maximum Gasteiger partial charge on any atom is 0.331 e. The Bertz CT molecular complexity index is 934. The van der Waals surface area contributed by atoms with Gasteiger partial charge in [-0.15, -0.1) is 0 Å². The summed E-state index contributed by atoms with van der Waals surface area (Å²) in [5.74, 6) is 0.918. The van der Waals surface area contributed by atoms with Crippen molar-refractivity contribution in [3.8, 4) is 5.69 Å². The van der Waals surface area contributed by atoms with Gasteiger partial charge in [-0.1, -0.05) is 11.6 Å². The second-order valence-corrected chi connectivity index (χ2v) is 7.15. The summed E-state index contributed by atoms with van der Waals surface area (Å²) in [6.07, 6.45) is 1.68. The highest BCUT2D eigenvalue weighted by Gasteiger charge is 2.41. The van der Waals surface area contributed by atoms with Crippen LogP contribution in [-0.4, -0.2) is 58.1 Å². The van der Waals surface area contributed by atoms with E-state index in [1.807, 2.05) is 26.0 Å².